The molecule has 2 aromatic rings. The zero-order valence-electron chi connectivity index (χ0n) is 15.0. The van der Waals surface area contributed by atoms with Gasteiger partial charge in [-0.15, -0.1) is 0 Å². The first-order valence-electron chi connectivity index (χ1n) is 7.86. The van der Waals surface area contributed by atoms with E-state index in [1.807, 2.05) is 0 Å². The van der Waals surface area contributed by atoms with Crippen LogP contribution in [0.5, 0.6) is 17.2 Å². The summed E-state index contributed by atoms with van der Waals surface area (Å²) in [6.07, 6.45) is 0. The van der Waals surface area contributed by atoms with Gasteiger partial charge in [0.2, 0.25) is 5.75 Å². The van der Waals surface area contributed by atoms with Crippen LogP contribution < -0.4 is 19.5 Å². The Morgan fingerprint density at radius 2 is 1.69 bits per heavy atom. The van der Waals surface area contributed by atoms with Crippen LogP contribution in [0.3, 0.4) is 0 Å². The topological polar surface area (TPSA) is 94.1 Å². The number of aliphatic carboxylic acids is 1. The number of hydrogen-bond acceptors (Lipinski definition) is 5. The molecule has 7 heteroatoms. The highest BCUT2D eigenvalue weighted by atomic mass is 16.5. The number of ether oxygens (including phenoxy) is 3. The first kappa shape index (κ1) is 19.1. The predicted octanol–water partition coefficient (Wildman–Crippen LogP) is 3.15. The molecule has 2 aromatic carbocycles. The fourth-order valence-corrected chi connectivity index (χ4v) is 2.51. The van der Waals surface area contributed by atoms with E-state index in [1.165, 1.54) is 21.3 Å². The molecular weight excluding hydrogens is 338 g/mol. The van der Waals surface area contributed by atoms with E-state index in [-0.39, 0.29) is 11.3 Å². The monoisotopic (exact) mass is 359 g/mol. The first-order valence-corrected chi connectivity index (χ1v) is 7.86. The quantitative estimate of drug-likeness (QED) is 0.789. The summed E-state index contributed by atoms with van der Waals surface area (Å²) in [6, 6.07) is 9.88. The molecule has 2 N–H and O–H groups in total. The Kier molecular flexibility index (Phi) is 6.06. The molecule has 2 rings (SSSR count). The Hall–Kier alpha value is -3.22. The number of anilines is 1. The van der Waals surface area contributed by atoms with Gasteiger partial charge in [-0.2, -0.15) is 0 Å². The Labute approximate surface area is 151 Å². The molecule has 0 spiro atoms. The minimum atomic E-state index is -0.935. The normalized spacial score (nSPS) is 11.4. The molecular formula is C19H21NO6. The lowest BCUT2D eigenvalue weighted by Gasteiger charge is -2.16. The van der Waals surface area contributed by atoms with Gasteiger partial charge in [0.25, 0.3) is 5.91 Å². The van der Waals surface area contributed by atoms with Gasteiger partial charge in [0, 0.05) is 5.69 Å². The Morgan fingerprint density at radius 3 is 2.27 bits per heavy atom. The largest absolute Gasteiger partial charge is 0.493 e. The molecule has 1 atom stereocenters. The number of rotatable bonds is 7. The maximum Gasteiger partial charge on any atom is 0.310 e. The molecule has 0 fully saturated rings. The van der Waals surface area contributed by atoms with Crippen molar-refractivity contribution in [3.63, 3.8) is 0 Å². The van der Waals surface area contributed by atoms with Crippen LogP contribution in [0.25, 0.3) is 0 Å². The second-order valence-electron chi connectivity index (χ2n) is 5.52. The summed E-state index contributed by atoms with van der Waals surface area (Å²) in [6.45, 7) is 1.58. The second-order valence-corrected chi connectivity index (χ2v) is 5.52. The first-order chi connectivity index (χ1) is 12.4. The highest BCUT2D eigenvalue weighted by Crippen LogP contribution is 2.40. The number of carboxylic acid groups (broad SMARTS) is 1. The van der Waals surface area contributed by atoms with Crippen LogP contribution in [0.4, 0.5) is 5.69 Å². The molecule has 1 amide bonds. The molecule has 0 aliphatic heterocycles. The van der Waals surface area contributed by atoms with Crippen LogP contribution in [-0.2, 0) is 4.79 Å². The van der Waals surface area contributed by atoms with E-state index in [9.17, 15) is 9.59 Å². The third-order valence-corrected chi connectivity index (χ3v) is 3.96. The van der Waals surface area contributed by atoms with Gasteiger partial charge in [0.15, 0.2) is 11.5 Å². The van der Waals surface area contributed by atoms with Crippen LogP contribution in [0.2, 0.25) is 0 Å². The molecule has 0 aliphatic carbocycles. The fraction of sp³-hybridized carbons (Fsp3) is 0.263. The summed E-state index contributed by atoms with van der Waals surface area (Å²) in [5.41, 5.74) is 1.34. The number of carbonyl (C=O) groups excluding carboxylic acids is 1. The van der Waals surface area contributed by atoms with Crippen molar-refractivity contribution in [2.75, 3.05) is 26.6 Å². The van der Waals surface area contributed by atoms with Crippen LogP contribution >= 0.6 is 0 Å². The highest BCUT2D eigenvalue weighted by molar-refractivity contribution is 6.07. The lowest BCUT2D eigenvalue weighted by Crippen LogP contribution is -2.14. The zero-order chi connectivity index (χ0) is 19.3. The van der Waals surface area contributed by atoms with Gasteiger partial charge >= 0.3 is 5.97 Å². The molecule has 0 heterocycles. The van der Waals surface area contributed by atoms with Crippen LogP contribution in [-0.4, -0.2) is 38.3 Å². The van der Waals surface area contributed by atoms with Crippen molar-refractivity contribution < 1.29 is 28.9 Å². The van der Waals surface area contributed by atoms with Crippen molar-refractivity contribution in [1.29, 1.82) is 0 Å². The second kappa shape index (κ2) is 8.24. The van der Waals surface area contributed by atoms with Gasteiger partial charge in [-0.3, -0.25) is 9.59 Å². The van der Waals surface area contributed by atoms with E-state index >= 15 is 0 Å². The summed E-state index contributed by atoms with van der Waals surface area (Å²) in [4.78, 5) is 23.8. The molecule has 0 saturated carbocycles. The Morgan fingerprint density at radius 1 is 1.00 bits per heavy atom. The maximum atomic E-state index is 12.7. The minimum Gasteiger partial charge on any atom is -0.493 e. The number of methoxy groups -OCH3 is 3. The van der Waals surface area contributed by atoms with E-state index in [1.54, 1.807) is 43.3 Å². The molecule has 0 aromatic heterocycles. The van der Waals surface area contributed by atoms with Crippen molar-refractivity contribution in [2.24, 2.45) is 0 Å². The Bertz CT molecular complexity index is 818. The van der Waals surface area contributed by atoms with Crippen molar-refractivity contribution in [1.82, 2.24) is 0 Å². The van der Waals surface area contributed by atoms with Gasteiger partial charge in [-0.25, -0.2) is 0 Å². The van der Waals surface area contributed by atoms with Crippen LogP contribution in [0.15, 0.2) is 36.4 Å². The third-order valence-electron chi connectivity index (χ3n) is 3.96. The fourth-order valence-electron chi connectivity index (χ4n) is 2.51. The number of amides is 1. The van der Waals surface area contributed by atoms with E-state index in [0.717, 1.165) is 0 Å². The van der Waals surface area contributed by atoms with E-state index < -0.39 is 17.8 Å². The average Bonchev–Trinajstić information content (AvgIpc) is 2.65. The van der Waals surface area contributed by atoms with Crippen molar-refractivity contribution in [3.05, 3.63) is 47.5 Å². The van der Waals surface area contributed by atoms with Crippen molar-refractivity contribution in [2.45, 2.75) is 12.8 Å². The number of nitrogens with one attached hydrogen (secondary N) is 1. The van der Waals surface area contributed by atoms with Crippen molar-refractivity contribution >= 4 is 17.6 Å². The standard InChI is InChI=1S/C19H21NO6/c1-11(19(22)23)12-6-5-7-13(10-12)20-18(21)14-8-9-15(24-2)17(26-4)16(14)25-3/h5-11H,1-4H3,(H,20,21)(H,22,23). The van der Waals surface area contributed by atoms with Crippen LogP contribution in [0.1, 0.15) is 28.8 Å². The average molecular weight is 359 g/mol. The number of carboxylic acids is 1. The molecule has 26 heavy (non-hydrogen) atoms. The summed E-state index contributed by atoms with van der Waals surface area (Å²) < 4.78 is 15.8. The summed E-state index contributed by atoms with van der Waals surface area (Å²) in [5, 5.41) is 11.9. The number of hydrogen-bond donors (Lipinski definition) is 2. The molecule has 0 radical (unpaired) electrons. The number of carbonyl (C=O) groups is 2. The summed E-state index contributed by atoms with van der Waals surface area (Å²) in [5.74, 6) is -1.02. The van der Waals surface area contributed by atoms with Crippen molar-refractivity contribution in [3.8, 4) is 17.2 Å². The highest BCUT2D eigenvalue weighted by Gasteiger charge is 2.21. The van der Waals surface area contributed by atoms with Gasteiger partial charge in [0.1, 0.15) is 0 Å². The van der Waals surface area contributed by atoms with E-state index in [2.05, 4.69) is 5.32 Å². The molecule has 0 aliphatic rings. The van der Waals surface area contributed by atoms with Gasteiger partial charge in [0.05, 0.1) is 32.8 Å². The zero-order valence-corrected chi connectivity index (χ0v) is 15.0. The molecule has 1 unspecified atom stereocenters. The molecule has 138 valence electrons. The van der Waals surface area contributed by atoms with Gasteiger partial charge in [-0.1, -0.05) is 12.1 Å². The molecule has 0 saturated heterocycles. The smallest absolute Gasteiger partial charge is 0.310 e. The lowest BCUT2D eigenvalue weighted by atomic mass is 10.0. The van der Waals surface area contributed by atoms with Gasteiger partial charge < -0.3 is 24.6 Å². The predicted molar refractivity (Wildman–Crippen MR) is 96.5 cm³/mol. The van der Waals surface area contributed by atoms with E-state index in [4.69, 9.17) is 19.3 Å². The summed E-state index contributed by atoms with van der Waals surface area (Å²) in [7, 11) is 4.38. The third kappa shape index (κ3) is 3.88. The van der Waals surface area contributed by atoms with E-state index in [0.29, 0.717) is 22.7 Å². The number of benzene rings is 2. The SMILES string of the molecule is COc1ccc(C(=O)Nc2cccc(C(C)C(=O)O)c2)c(OC)c1OC. The minimum absolute atomic E-state index is 0.249. The lowest BCUT2D eigenvalue weighted by molar-refractivity contribution is -0.138. The van der Waals surface area contributed by atoms with Gasteiger partial charge in [-0.05, 0) is 36.8 Å². The Balaban J connectivity index is 2.34. The molecule has 0 bridgehead atoms. The molecule has 7 nitrogen and oxygen atoms in total. The maximum absolute atomic E-state index is 12.7. The van der Waals surface area contributed by atoms with Crippen LogP contribution in [0, 0.1) is 0 Å². The summed E-state index contributed by atoms with van der Waals surface area (Å²) >= 11 is 0.